The molecular formula is C27H23FN2O4. The van der Waals surface area contributed by atoms with Crippen LogP contribution in [0.5, 0.6) is 5.75 Å². The van der Waals surface area contributed by atoms with Crippen molar-refractivity contribution in [1.29, 1.82) is 0 Å². The van der Waals surface area contributed by atoms with Gasteiger partial charge >= 0.3 is 6.03 Å². The second-order valence-electron chi connectivity index (χ2n) is 8.01. The molecule has 0 aliphatic carbocycles. The molecular weight excluding hydrogens is 435 g/mol. The molecule has 0 unspecified atom stereocenters. The lowest BCUT2D eigenvalue weighted by Gasteiger charge is -2.28. The van der Waals surface area contributed by atoms with Gasteiger partial charge in [-0.05, 0) is 72.0 Å². The molecule has 6 nitrogen and oxygen atoms in total. The van der Waals surface area contributed by atoms with Crippen LogP contribution in [-0.4, -0.2) is 25.0 Å². The van der Waals surface area contributed by atoms with E-state index in [0.717, 1.165) is 16.0 Å². The summed E-state index contributed by atoms with van der Waals surface area (Å²) in [6, 6.07) is 16.0. The van der Waals surface area contributed by atoms with Crippen LogP contribution in [0.1, 0.15) is 27.8 Å². The highest BCUT2D eigenvalue weighted by molar-refractivity contribution is 6.39. The largest absolute Gasteiger partial charge is 0.497 e. The number of anilines is 1. The van der Waals surface area contributed by atoms with Gasteiger partial charge in [-0.15, -0.1) is 0 Å². The van der Waals surface area contributed by atoms with E-state index in [1.807, 2.05) is 13.0 Å². The van der Waals surface area contributed by atoms with E-state index in [-0.39, 0.29) is 17.8 Å². The van der Waals surface area contributed by atoms with Crippen molar-refractivity contribution in [3.8, 4) is 5.75 Å². The van der Waals surface area contributed by atoms with Gasteiger partial charge in [0.15, 0.2) is 0 Å². The van der Waals surface area contributed by atoms with Crippen LogP contribution in [0.4, 0.5) is 14.9 Å². The molecule has 1 heterocycles. The van der Waals surface area contributed by atoms with Crippen LogP contribution in [0, 0.1) is 19.7 Å². The van der Waals surface area contributed by atoms with E-state index in [4.69, 9.17) is 4.74 Å². The molecule has 0 aromatic heterocycles. The standard InChI is InChI=1S/C27H23FN2O4/c1-16-7-6-10-24(17(16)2)30-26(32)22(25(31)29-27(30)33)15-18-11-12-21(34-3)14-20(18)13-19-8-4-5-9-23(19)28/h4-12,14-15H,13H2,1-3H3,(H,29,31,33)/b22-15+. The van der Waals surface area contributed by atoms with E-state index in [1.165, 1.54) is 19.3 Å². The van der Waals surface area contributed by atoms with E-state index in [9.17, 15) is 18.8 Å². The van der Waals surface area contributed by atoms with Gasteiger partial charge in [-0.1, -0.05) is 36.4 Å². The minimum atomic E-state index is -0.804. The number of halogens is 1. The second kappa shape index (κ2) is 9.31. The van der Waals surface area contributed by atoms with Gasteiger partial charge < -0.3 is 4.74 Å². The third kappa shape index (κ3) is 4.32. The van der Waals surface area contributed by atoms with Crippen molar-refractivity contribution in [3.05, 3.63) is 99.9 Å². The van der Waals surface area contributed by atoms with Crippen molar-refractivity contribution >= 4 is 29.6 Å². The number of methoxy groups -OCH3 is 1. The van der Waals surface area contributed by atoms with E-state index in [2.05, 4.69) is 5.32 Å². The van der Waals surface area contributed by atoms with Crippen molar-refractivity contribution in [2.24, 2.45) is 0 Å². The summed E-state index contributed by atoms with van der Waals surface area (Å²) < 4.78 is 19.6. The number of ether oxygens (including phenoxy) is 1. The Morgan fingerprint density at radius 3 is 2.47 bits per heavy atom. The van der Waals surface area contributed by atoms with Crippen LogP contribution >= 0.6 is 0 Å². The number of carbonyl (C=O) groups excluding carboxylic acids is 3. The summed E-state index contributed by atoms with van der Waals surface area (Å²) in [4.78, 5) is 39.6. The number of nitrogens with one attached hydrogen (secondary N) is 1. The van der Waals surface area contributed by atoms with Gasteiger partial charge in [0.1, 0.15) is 17.1 Å². The van der Waals surface area contributed by atoms with Gasteiger partial charge in [-0.3, -0.25) is 14.9 Å². The quantitative estimate of drug-likeness (QED) is 0.444. The monoisotopic (exact) mass is 458 g/mol. The van der Waals surface area contributed by atoms with Crippen molar-refractivity contribution in [2.45, 2.75) is 20.3 Å². The fourth-order valence-corrected chi connectivity index (χ4v) is 3.86. The molecule has 1 saturated heterocycles. The lowest BCUT2D eigenvalue weighted by Crippen LogP contribution is -2.54. The summed E-state index contributed by atoms with van der Waals surface area (Å²) in [6.07, 6.45) is 1.65. The topological polar surface area (TPSA) is 75.7 Å². The van der Waals surface area contributed by atoms with Crippen LogP contribution in [0.15, 0.2) is 66.2 Å². The zero-order valence-electron chi connectivity index (χ0n) is 19.0. The van der Waals surface area contributed by atoms with Gasteiger partial charge in [0.2, 0.25) is 0 Å². The van der Waals surface area contributed by atoms with E-state index < -0.39 is 17.8 Å². The van der Waals surface area contributed by atoms with E-state index >= 15 is 0 Å². The SMILES string of the molecule is COc1ccc(/C=C2\C(=O)NC(=O)N(c3cccc(C)c3C)C2=O)c(Cc2ccccc2F)c1. The zero-order chi connectivity index (χ0) is 24.4. The molecule has 1 fully saturated rings. The smallest absolute Gasteiger partial charge is 0.335 e. The van der Waals surface area contributed by atoms with Crippen LogP contribution in [0.3, 0.4) is 0 Å². The van der Waals surface area contributed by atoms with Crippen LogP contribution in [0.25, 0.3) is 6.08 Å². The van der Waals surface area contributed by atoms with Crippen LogP contribution in [0.2, 0.25) is 0 Å². The number of barbiturate groups is 1. The Kier molecular flexibility index (Phi) is 6.27. The number of amides is 4. The molecule has 0 atom stereocenters. The number of nitrogens with zero attached hydrogens (tertiary/aromatic N) is 1. The summed E-state index contributed by atoms with van der Waals surface area (Å²) in [5.74, 6) is -1.32. The maximum Gasteiger partial charge on any atom is 0.335 e. The maximum absolute atomic E-state index is 14.3. The Morgan fingerprint density at radius 1 is 0.971 bits per heavy atom. The average Bonchev–Trinajstić information content (AvgIpc) is 2.81. The summed E-state index contributed by atoms with van der Waals surface area (Å²) in [7, 11) is 1.52. The minimum Gasteiger partial charge on any atom is -0.497 e. The van der Waals surface area contributed by atoms with Crippen molar-refractivity contribution in [2.75, 3.05) is 12.0 Å². The normalized spacial score (nSPS) is 15.0. The van der Waals surface area contributed by atoms with Crippen molar-refractivity contribution in [3.63, 3.8) is 0 Å². The van der Waals surface area contributed by atoms with E-state index in [1.54, 1.807) is 55.5 Å². The number of hydrogen-bond acceptors (Lipinski definition) is 4. The number of hydrogen-bond donors (Lipinski definition) is 1. The Balaban J connectivity index is 1.79. The Morgan fingerprint density at radius 2 is 1.74 bits per heavy atom. The fraction of sp³-hybridized carbons (Fsp3) is 0.148. The Labute approximate surface area is 196 Å². The molecule has 7 heteroatoms. The van der Waals surface area contributed by atoms with Gasteiger partial charge in [0.25, 0.3) is 11.8 Å². The number of carbonyl (C=O) groups is 3. The number of urea groups is 1. The van der Waals surface area contributed by atoms with Crippen molar-refractivity contribution < 1.29 is 23.5 Å². The molecule has 34 heavy (non-hydrogen) atoms. The molecule has 0 spiro atoms. The third-order valence-corrected chi connectivity index (χ3v) is 5.91. The van der Waals surface area contributed by atoms with Gasteiger partial charge in [0, 0.05) is 6.42 Å². The molecule has 0 radical (unpaired) electrons. The third-order valence-electron chi connectivity index (χ3n) is 5.91. The maximum atomic E-state index is 14.3. The number of aryl methyl sites for hydroxylation is 1. The Bertz CT molecular complexity index is 1350. The first-order chi connectivity index (χ1) is 16.3. The van der Waals surface area contributed by atoms with E-state index in [0.29, 0.717) is 28.1 Å². The molecule has 1 N–H and O–H groups in total. The predicted molar refractivity (Wildman–Crippen MR) is 127 cm³/mol. The van der Waals surface area contributed by atoms with Gasteiger partial charge in [-0.2, -0.15) is 0 Å². The predicted octanol–water partition coefficient (Wildman–Crippen LogP) is 4.71. The summed E-state index contributed by atoms with van der Waals surface area (Å²) in [6.45, 7) is 3.68. The highest BCUT2D eigenvalue weighted by atomic mass is 19.1. The first-order valence-corrected chi connectivity index (χ1v) is 10.7. The molecule has 0 saturated carbocycles. The lowest BCUT2D eigenvalue weighted by atomic mass is 9.96. The number of rotatable bonds is 5. The number of benzene rings is 3. The van der Waals surface area contributed by atoms with Crippen molar-refractivity contribution in [1.82, 2.24) is 5.32 Å². The number of imide groups is 2. The first kappa shape index (κ1) is 22.9. The average molecular weight is 458 g/mol. The molecule has 4 rings (SSSR count). The summed E-state index contributed by atoms with van der Waals surface area (Å²) in [5, 5.41) is 2.25. The van der Waals surface area contributed by atoms with Crippen LogP contribution in [-0.2, 0) is 16.0 Å². The highest BCUT2D eigenvalue weighted by Gasteiger charge is 2.37. The second-order valence-corrected chi connectivity index (χ2v) is 8.01. The fourth-order valence-electron chi connectivity index (χ4n) is 3.86. The van der Waals surface area contributed by atoms with Gasteiger partial charge in [-0.25, -0.2) is 14.1 Å². The Hall–Kier alpha value is -4.26. The van der Waals surface area contributed by atoms with Crippen LogP contribution < -0.4 is 15.0 Å². The first-order valence-electron chi connectivity index (χ1n) is 10.7. The highest BCUT2D eigenvalue weighted by Crippen LogP contribution is 2.29. The van der Waals surface area contributed by atoms with Gasteiger partial charge in [0.05, 0.1) is 12.8 Å². The molecule has 172 valence electrons. The summed E-state index contributed by atoms with van der Waals surface area (Å²) >= 11 is 0. The summed E-state index contributed by atoms with van der Waals surface area (Å²) in [5.41, 5.74) is 3.53. The molecule has 3 aromatic carbocycles. The minimum absolute atomic E-state index is 0.194. The molecule has 4 amide bonds. The molecule has 0 bridgehead atoms. The zero-order valence-corrected chi connectivity index (χ0v) is 19.0. The molecule has 3 aromatic rings. The molecule has 1 aliphatic rings. The molecule has 1 aliphatic heterocycles. The lowest BCUT2D eigenvalue weighted by molar-refractivity contribution is -0.122.